The van der Waals surface area contributed by atoms with Crippen molar-refractivity contribution in [3.63, 3.8) is 0 Å². The van der Waals surface area contributed by atoms with Gasteiger partial charge >= 0.3 is 5.97 Å². The van der Waals surface area contributed by atoms with Gasteiger partial charge in [0.05, 0.1) is 6.61 Å². The van der Waals surface area contributed by atoms with Gasteiger partial charge in [-0.1, -0.05) is 6.07 Å². The van der Waals surface area contributed by atoms with E-state index < -0.39 is 5.97 Å². The van der Waals surface area contributed by atoms with E-state index in [0.29, 0.717) is 13.0 Å². The van der Waals surface area contributed by atoms with Crippen LogP contribution in [0.2, 0.25) is 0 Å². The molecule has 0 radical (unpaired) electrons. The lowest BCUT2D eigenvalue weighted by atomic mass is 10.0. The Hall–Kier alpha value is -1.55. The van der Waals surface area contributed by atoms with Gasteiger partial charge in [0.25, 0.3) is 0 Å². The first kappa shape index (κ1) is 12.9. The Balaban J connectivity index is 2.26. The summed E-state index contributed by atoms with van der Waals surface area (Å²) < 4.78 is 5.60. The lowest BCUT2D eigenvalue weighted by Gasteiger charge is -2.12. The highest BCUT2D eigenvalue weighted by molar-refractivity contribution is 5.67. The molecule has 0 aromatic heterocycles. The van der Waals surface area contributed by atoms with Crippen LogP contribution in [0.15, 0.2) is 12.1 Å². The molecule has 0 spiro atoms. The van der Waals surface area contributed by atoms with E-state index in [1.807, 2.05) is 13.0 Å². The van der Waals surface area contributed by atoms with Crippen molar-refractivity contribution in [2.45, 2.75) is 38.6 Å². The molecule has 4 heteroatoms. The van der Waals surface area contributed by atoms with Gasteiger partial charge in [-0.2, -0.15) is 0 Å². The number of hydrogen-bond donors (Lipinski definition) is 2. The molecule has 0 fully saturated rings. The molecular formula is C14H19NO3. The fourth-order valence-electron chi connectivity index (χ4n) is 2.46. The van der Waals surface area contributed by atoms with Gasteiger partial charge in [-0.25, -0.2) is 0 Å². The summed E-state index contributed by atoms with van der Waals surface area (Å²) in [5.41, 5.74) is 9.41. The molecule has 1 aromatic rings. The largest absolute Gasteiger partial charge is 0.494 e. The predicted molar refractivity (Wildman–Crippen MR) is 69.0 cm³/mol. The van der Waals surface area contributed by atoms with Gasteiger partial charge in [0.15, 0.2) is 0 Å². The molecule has 0 aliphatic heterocycles. The maximum absolute atomic E-state index is 10.7. The van der Waals surface area contributed by atoms with E-state index in [0.717, 1.165) is 24.2 Å². The van der Waals surface area contributed by atoms with E-state index in [9.17, 15) is 4.79 Å². The minimum absolute atomic E-state index is 0.130. The lowest BCUT2D eigenvalue weighted by molar-refractivity contribution is -0.136. The lowest BCUT2D eigenvalue weighted by Crippen LogP contribution is -2.18. The molecule has 98 valence electrons. The Morgan fingerprint density at radius 1 is 1.44 bits per heavy atom. The van der Waals surface area contributed by atoms with Crippen molar-refractivity contribution >= 4 is 5.97 Å². The molecule has 3 N–H and O–H groups in total. The van der Waals surface area contributed by atoms with Gasteiger partial charge in [0.1, 0.15) is 5.75 Å². The van der Waals surface area contributed by atoms with Gasteiger partial charge < -0.3 is 15.6 Å². The molecule has 1 atom stereocenters. The number of carbonyl (C=O) groups is 1. The molecule has 0 saturated carbocycles. The minimum Gasteiger partial charge on any atom is -0.494 e. The fraction of sp³-hybridized carbons (Fsp3) is 0.500. The smallest absolute Gasteiger partial charge is 0.303 e. The summed E-state index contributed by atoms with van der Waals surface area (Å²) in [4.78, 5) is 10.7. The van der Waals surface area contributed by atoms with E-state index >= 15 is 0 Å². The zero-order valence-electron chi connectivity index (χ0n) is 10.6. The van der Waals surface area contributed by atoms with Crippen molar-refractivity contribution in [2.75, 3.05) is 6.61 Å². The quantitative estimate of drug-likeness (QED) is 0.830. The number of hydrogen-bond acceptors (Lipinski definition) is 3. The first-order valence-electron chi connectivity index (χ1n) is 6.35. The molecule has 0 bridgehead atoms. The minimum atomic E-state index is -0.783. The van der Waals surface area contributed by atoms with Crippen molar-refractivity contribution in [2.24, 2.45) is 5.73 Å². The normalized spacial score (nSPS) is 17.6. The molecule has 0 amide bonds. The Labute approximate surface area is 107 Å². The third-order valence-electron chi connectivity index (χ3n) is 3.25. The van der Waals surface area contributed by atoms with Gasteiger partial charge in [-0.3, -0.25) is 4.79 Å². The standard InChI is InChI=1S/C14H19NO3/c1-2-18-13-8-11-7-12(15)6-10(11)5-9(13)3-4-14(16)17/h5,8,12H,2-4,6-7,15H2,1H3,(H,16,17). The summed E-state index contributed by atoms with van der Waals surface area (Å²) in [6, 6.07) is 4.28. The highest BCUT2D eigenvalue weighted by Crippen LogP contribution is 2.30. The van der Waals surface area contributed by atoms with Crippen molar-refractivity contribution in [3.8, 4) is 5.75 Å². The van der Waals surface area contributed by atoms with Gasteiger partial charge in [-0.05, 0) is 48.9 Å². The van der Waals surface area contributed by atoms with Crippen molar-refractivity contribution in [3.05, 3.63) is 28.8 Å². The number of nitrogens with two attached hydrogens (primary N) is 1. The average molecular weight is 249 g/mol. The van der Waals surface area contributed by atoms with Crippen molar-refractivity contribution < 1.29 is 14.6 Å². The van der Waals surface area contributed by atoms with E-state index in [4.69, 9.17) is 15.6 Å². The molecule has 1 unspecified atom stereocenters. The topological polar surface area (TPSA) is 72.5 Å². The maximum atomic E-state index is 10.7. The Kier molecular flexibility index (Phi) is 3.87. The van der Waals surface area contributed by atoms with Gasteiger partial charge in [0, 0.05) is 12.5 Å². The maximum Gasteiger partial charge on any atom is 0.303 e. The van der Waals surface area contributed by atoms with Crippen LogP contribution in [-0.2, 0) is 24.1 Å². The molecule has 4 nitrogen and oxygen atoms in total. The molecule has 0 saturated heterocycles. The second-order valence-corrected chi connectivity index (χ2v) is 4.72. The number of carboxylic acid groups (broad SMARTS) is 1. The summed E-state index contributed by atoms with van der Waals surface area (Å²) >= 11 is 0. The molecule has 1 aromatic carbocycles. The highest BCUT2D eigenvalue weighted by atomic mass is 16.5. The van der Waals surface area contributed by atoms with Crippen LogP contribution in [0, 0.1) is 0 Å². The zero-order chi connectivity index (χ0) is 13.1. The van der Waals surface area contributed by atoms with Crippen LogP contribution in [0.4, 0.5) is 0 Å². The van der Waals surface area contributed by atoms with E-state index in [1.165, 1.54) is 11.1 Å². The summed E-state index contributed by atoms with van der Waals surface area (Å²) in [6.07, 6.45) is 2.40. The number of aryl methyl sites for hydroxylation is 1. The average Bonchev–Trinajstić information content (AvgIpc) is 2.65. The monoisotopic (exact) mass is 249 g/mol. The van der Waals surface area contributed by atoms with Crippen LogP contribution in [0.25, 0.3) is 0 Å². The molecule has 0 heterocycles. The number of aliphatic carboxylic acids is 1. The molecule has 18 heavy (non-hydrogen) atoms. The zero-order valence-corrected chi connectivity index (χ0v) is 10.6. The predicted octanol–water partition coefficient (Wildman–Crippen LogP) is 1.53. The summed E-state index contributed by atoms with van der Waals surface area (Å²) in [5.74, 6) is 0.0289. The van der Waals surface area contributed by atoms with Crippen LogP contribution in [0.5, 0.6) is 5.75 Å². The summed E-state index contributed by atoms with van der Waals surface area (Å²) in [6.45, 7) is 2.52. The van der Waals surface area contributed by atoms with Gasteiger partial charge in [0.2, 0.25) is 0 Å². The SMILES string of the molecule is CCOc1cc2c(cc1CCC(=O)O)CC(N)C2. The van der Waals surface area contributed by atoms with Crippen LogP contribution < -0.4 is 10.5 Å². The fourth-order valence-corrected chi connectivity index (χ4v) is 2.46. The van der Waals surface area contributed by atoms with Gasteiger partial charge in [-0.15, -0.1) is 0 Å². The third kappa shape index (κ3) is 2.82. The number of rotatable bonds is 5. The summed E-state index contributed by atoms with van der Waals surface area (Å²) in [7, 11) is 0. The number of benzene rings is 1. The number of fused-ring (bicyclic) bond motifs is 1. The van der Waals surface area contributed by atoms with Crippen molar-refractivity contribution in [1.82, 2.24) is 0 Å². The Morgan fingerprint density at radius 3 is 2.72 bits per heavy atom. The first-order chi connectivity index (χ1) is 8.60. The molecular weight excluding hydrogens is 230 g/mol. The molecule has 1 aliphatic carbocycles. The van der Waals surface area contributed by atoms with Crippen LogP contribution in [0.1, 0.15) is 30.0 Å². The second kappa shape index (κ2) is 5.40. The Morgan fingerprint density at radius 2 is 2.11 bits per heavy atom. The third-order valence-corrected chi connectivity index (χ3v) is 3.25. The van der Waals surface area contributed by atoms with E-state index in [2.05, 4.69) is 6.07 Å². The van der Waals surface area contributed by atoms with Crippen molar-refractivity contribution in [1.29, 1.82) is 0 Å². The van der Waals surface area contributed by atoms with Crippen LogP contribution >= 0.6 is 0 Å². The molecule has 2 rings (SSSR count). The number of ether oxygens (including phenoxy) is 1. The van der Waals surface area contributed by atoms with E-state index in [1.54, 1.807) is 0 Å². The Bertz CT molecular complexity index is 457. The highest BCUT2D eigenvalue weighted by Gasteiger charge is 2.20. The molecule has 1 aliphatic rings. The van der Waals surface area contributed by atoms with Crippen LogP contribution in [-0.4, -0.2) is 23.7 Å². The van der Waals surface area contributed by atoms with Crippen LogP contribution in [0.3, 0.4) is 0 Å². The van der Waals surface area contributed by atoms with E-state index in [-0.39, 0.29) is 12.5 Å². The number of carboxylic acids is 1. The summed E-state index contributed by atoms with van der Waals surface area (Å²) in [5, 5.41) is 8.77. The first-order valence-corrected chi connectivity index (χ1v) is 6.35. The second-order valence-electron chi connectivity index (χ2n) is 4.72.